The molecule has 0 aliphatic carbocycles. The van der Waals surface area contributed by atoms with Crippen LogP contribution in [0, 0.1) is 28.8 Å². The summed E-state index contributed by atoms with van der Waals surface area (Å²) in [7, 11) is 0. The third-order valence-electron chi connectivity index (χ3n) is 3.90. The lowest BCUT2D eigenvalue weighted by Crippen LogP contribution is -2.20. The first kappa shape index (κ1) is 18.5. The maximum atomic E-state index is 12.3. The summed E-state index contributed by atoms with van der Waals surface area (Å²) < 4.78 is 6.73. The Bertz CT molecular complexity index is 1070. The van der Waals surface area contributed by atoms with Crippen LogP contribution in [0.2, 0.25) is 0 Å². The number of aryl methyl sites for hydroxylation is 2. The number of amides is 1. The first-order chi connectivity index (χ1) is 12.8. The molecule has 9 heteroatoms. The van der Waals surface area contributed by atoms with Crippen molar-refractivity contribution in [2.75, 3.05) is 5.32 Å². The van der Waals surface area contributed by atoms with Gasteiger partial charge in [-0.05, 0) is 43.8 Å². The highest BCUT2D eigenvalue weighted by Gasteiger charge is 2.14. The maximum absolute atomic E-state index is 12.3. The van der Waals surface area contributed by atoms with E-state index in [9.17, 15) is 14.9 Å². The van der Waals surface area contributed by atoms with Crippen LogP contribution in [-0.2, 0) is 11.3 Å². The number of hydrogen-bond acceptors (Lipinski definition) is 6. The molecular formula is C18H16N4O4S. The Balaban J connectivity index is 1.77. The molecule has 3 rings (SSSR count). The number of benzene rings is 2. The van der Waals surface area contributed by atoms with Crippen LogP contribution < -0.4 is 5.32 Å². The number of non-ortho nitro benzene ring substituents is 1. The van der Waals surface area contributed by atoms with Crippen molar-refractivity contribution >= 4 is 29.5 Å². The van der Waals surface area contributed by atoms with E-state index in [1.807, 2.05) is 31.2 Å². The lowest BCUT2D eigenvalue weighted by atomic mass is 10.1. The molecule has 0 saturated heterocycles. The van der Waals surface area contributed by atoms with E-state index in [4.69, 9.17) is 16.6 Å². The molecule has 0 fully saturated rings. The molecule has 0 atom stereocenters. The molecule has 0 aliphatic heterocycles. The molecule has 0 saturated carbocycles. The number of carbonyl (C=O) groups is 1. The number of hydrogen-bond donors (Lipinski definition) is 1. The lowest BCUT2D eigenvalue weighted by Gasteiger charge is -2.07. The van der Waals surface area contributed by atoms with Gasteiger partial charge in [-0.1, -0.05) is 23.8 Å². The monoisotopic (exact) mass is 384 g/mol. The Labute approximate surface area is 159 Å². The molecule has 0 unspecified atom stereocenters. The van der Waals surface area contributed by atoms with Gasteiger partial charge in [0.25, 0.3) is 10.5 Å². The average molecular weight is 384 g/mol. The highest BCUT2D eigenvalue weighted by molar-refractivity contribution is 7.71. The van der Waals surface area contributed by atoms with Crippen LogP contribution in [0.25, 0.3) is 11.5 Å². The number of aromatic nitrogens is 2. The lowest BCUT2D eigenvalue weighted by molar-refractivity contribution is -0.384. The van der Waals surface area contributed by atoms with Crippen LogP contribution in [-0.4, -0.2) is 20.6 Å². The Kier molecular flexibility index (Phi) is 5.13. The Morgan fingerprint density at radius 1 is 1.26 bits per heavy atom. The third-order valence-corrected chi connectivity index (χ3v) is 4.20. The van der Waals surface area contributed by atoms with Crippen molar-refractivity contribution in [3.63, 3.8) is 0 Å². The summed E-state index contributed by atoms with van der Waals surface area (Å²) in [6, 6.07) is 11.8. The van der Waals surface area contributed by atoms with Crippen LogP contribution >= 0.6 is 12.2 Å². The Hall–Kier alpha value is -3.33. The Morgan fingerprint density at radius 2 is 1.96 bits per heavy atom. The zero-order chi connectivity index (χ0) is 19.6. The number of anilines is 1. The molecule has 3 aromatic rings. The molecule has 8 nitrogen and oxygen atoms in total. The fourth-order valence-electron chi connectivity index (χ4n) is 2.40. The van der Waals surface area contributed by atoms with Crippen LogP contribution in [0.5, 0.6) is 0 Å². The van der Waals surface area contributed by atoms with Gasteiger partial charge in [0, 0.05) is 17.7 Å². The van der Waals surface area contributed by atoms with Crippen molar-refractivity contribution in [2.24, 2.45) is 0 Å². The highest BCUT2D eigenvalue weighted by Crippen LogP contribution is 2.22. The minimum absolute atomic E-state index is 0.0662. The van der Waals surface area contributed by atoms with E-state index in [2.05, 4.69) is 10.4 Å². The summed E-state index contributed by atoms with van der Waals surface area (Å²) in [5.74, 6) is -0.0993. The minimum Gasteiger partial charge on any atom is -0.409 e. The molecule has 27 heavy (non-hydrogen) atoms. The fourth-order valence-corrected chi connectivity index (χ4v) is 2.59. The summed E-state index contributed by atoms with van der Waals surface area (Å²) in [6.45, 7) is 3.55. The van der Waals surface area contributed by atoms with Crippen molar-refractivity contribution in [3.05, 3.63) is 68.5 Å². The van der Waals surface area contributed by atoms with Gasteiger partial charge in [0.05, 0.1) is 10.6 Å². The van der Waals surface area contributed by atoms with E-state index in [1.54, 1.807) is 13.0 Å². The van der Waals surface area contributed by atoms with Gasteiger partial charge in [-0.3, -0.25) is 14.9 Å². The zero-order valence-corrected chi connectivity index (χ0v) is 15.4. The Morgan fingerprint density at radius 3 is 2.63 bits per heavy atom. The van der Waals surface area contributed by atoms with Crippen molar-refractivity contribution in [1.29, 1.82) is 0 Å². The quantitative estimate of drug-likeness (QED) is 0.405. The number of nitrogens with one attached hydrogen (secondary N) is 1. The van der Waals surface area contributed by atoms with Crippen molar-refractivity contribution < 1.29 is 14.1 Å². The molecule has 0 bridgehead atoms. The van der Waals surface area contributed by atoms with Crippen LogP contribution in [0.15, 0.2) is 46.9 Å². The second-order valence-corrected chi connectivity index (χ2v) is 6.35. The normalized spacial score (nSPS) is 10.6. The summed E-state index contributed by atoms with van der Waals surface area (Å²) in [5.41, 5.74) is 2.82. The topological polar surface area (TPSA) is 103 Å². The summed E-state index contributed by atoms with van der Waals surface area (Å²) in [4.78, 5) is 22.8. The van der Waals surface area contributed by atoms with Gasteiger partial charge >= 0.3 is 0 Å². The van der Waals surface area contributed by atoms with Crippen molar-refractivity contribution in [3.8, 4) is 11.5 Å². The van der Waals surface area contributed by atoms with Crippen molar-refractivity contribution in [2.45, 2.75) is 20.4 Å². The predicted octanol–water partition coefficient (Wildman–Crippen LogP) is 4.04. The van der Waals surface area contributed by atoms with Gasteiger partial charge in [0.2, 0.25) is 11.8 Å². The summed E-state index contributed by atoms with van der Waals surface area (Å²) >= 11 is 5.13. The average Bonchev–Trinajstić information content (AvgIpc) is 2.97. The summed E-state index contributed by atoms with van der Waals surface area (Å²) in [6.07, 6.45) is 0. The molecule has 1 N–H and O–H groups in total. The number of nitro benzene ring substituents is 1. The third kappa shape index (κ3) is 4.26. The van der Waals surface area contributed by atoms with E-state index >= 15 is 0 Å². The van der Waals surface area contributed by atoms with E-state index in [0.717, 1.165) is 11.1 Å². The van der Waals surface area contributed by atoms with Crippen LogP contribution in [0.3, 0.4) is 0 Å². The molecule has 2 aromatic carbocycles. The smallest absolute Gasteiger partial charge is 0.287 e. The van der Waals surface area contributed by atoms with E-state index in [0.29, 0.717) is 17.1 Å². The maximum Gasteiger partial charge on any atom is 0.287 e. The second kappa shape index (κ2) is 7.50. The van der Waals surface area contributed by atoms with Gasteiger partial charge in [-0.15, -0.1) is 5.10 Å². The van der Waals surface area contributed by atoms with Gasteiger partial charge in [-0.2, -0.15) is 0 Å². The number of rotatable bonds is 5. The van der Waals surface area contributed by atoms with Crippen molar-refractivity contribution in [1.82, 2.24) is 9.78 Å². The van der Waals surface area contributed by atoms with E-state index < -0.39 is 10.8 Å². The van der Waals surface area contributed by atoms with Crippen LogP contribution in [0.1, 0.15) is 11.1 Å². The molecule has 0 spiro atoms. The molecule has 1 heterocycles. The fraction of sp³-hybridized carbons (Fsp3) is 0.167. The number of nitrogens with zero attached hydrogens (tertiary/aromatic N) is 3. The van der Waals surface area contributed by atoms with Gasteiger partial charge in [0.1, 0.15) is 6.54 Å². The molecule has 1 amide bonds. The molecule has 138 valence electrons. The van der Waals surface area contributed by atoms with Gasteiger partial charge in [-0.25, -0.2) is 4.68 Å². The standard InChI is InChI=1S/C18H16N4O4S/c1-11-3-6-13(7-4-11)17-20-21(18(27)26-17)10-16(23)19-15-9-14(22(24)25)8-5-12(15)2/h3-9H,10H2,1-2H3,(H,19,23). The first-order valence-electron chi connectivity index (χ1n) is 8.03. The largest absolute Gasteiger partial charge is 0.409 e. The van der Waals surface area contributed by atoms with Crippen LogP contribution in [0.4, 0.5) is 11.4 Å². The first-order valence-corrected chi connectivity index (χ1v) is 8.44. The van der Waals surface area contributed by atoms with Gasteiger partial charge < -0.3 is 9.73 Å². The molecule has 1 aromatic heterocycles. The zero-order valence-electron chi connectivity index (χ0n) is 14.6. The highest BCUT2D eigenvalue weighted by atomic mass is 32.1. The number of carbonyl (C=O) groups excluding carboxylic acids is 1. The predicted molar refractivity (Wildman–Crippen MR) is 102 cm³/mol. The van der Waals surface area contributed by atoms with E-state index in [-0.39, 0.29) is 17.1 Å². The second-order valence-electron chi connectivity index (χ2n) is 6.00. The molecular weight excluding hydrogens is 368 g/mol. The van der Waals surface area contributed by atoms with Gasteiger partial charge in [0.15, 0.2) is 0 Å². The number of nitro groups is 1. The molecule has 0 radical (unpaired) electrons. The minimum atomic E-state index is -0.517. The SMILES string of the molecule is Cc1ccc(-c2nn(CC(=O)Nc3cc([N+](=O)[O-])ccc3C)c(=S)o2)cc1. The molecule has 0 aliphatic rings. The van der Waals surface area contributed by atoms with E-state index in [1.165, 1.54) is 16.8 Å². The summed E-state index contributed by atoms with van der Waals surface area (Å²) in [5, 5.41) is 17.8.